The van der Waals surface area contributed by atoms with Gasteiger partial charge in [0.25, 0.3) is 5.56 Å². The van der Waals surface area contributed by atoms with Crippen LogP contribution in [0.1, 0.15) is 12.5 Å². The molecule has 0 spiro atoms. The molecule has 0 amide bonds. The zero-order chi connectivity index (χ0) is 18.1. The van der Waals surface area contributed by atoms with Gasteiger partial charge in [0.15, 0.2) is 5.82 Å². The quantitative estimate of drug-likeness (QED) is 0.542. The van der Waals surface area contributed by atoms with E-state index in [0.29, 0.717) is 26.9 Å². The second kappa shape index (κ2) is 6.90. The molecule has 0 radical (unpaired) electrons. The van der Waals surface area contributed by atoms with E-state index in [1.54, 1.807) is 12.1 Å². The molecule has 2 aromatic carbocycles. The summed E-state index contributed by atoms with van der Waals surface area (Å²) in [5, 5.41) is 4.95. The fourth-order valence-corrected chi connectivity index (χ4v) is 3.65. The van der Waals surface area contributed by atoms with E-state index in [2.05, 4.69) is 10.1 Å². The summed E-state index contributed by atoms with van der Waals surface area (Å²) in [4.78, 5) is 17.6. The van der Waals surface area contributed by atoms with E-state index in [4.69, 9.17) is 16.3 Å². The number of thiazole rings is 1. The number of hydrogen-bond acceptors (Lipinski definition) is 5. The van der Waals surface area contributed by atoms with Crippen molar-refractivity contribution in [3.8, 4) is 17.1 Å². The van der Waals surface area contributed by atoms with Gasteiger partial charge in [-0.1, -0.05) is 41.1 Å². The number of halogens is 1. The van der Waals surface area contributed by atoms with Crippen LogP contribution in [0.25, 0.3) is 22.4 Å². The van der Waals surface area contributed by atoms with Crippen molar-refractivity contribution in [2.75, 3.05) is 6.61 Å². The minimum atomic E-state index is -0.199. The molecule has 0 aliphatic heterocycles. The summed E-state index contributed by atoms with van der Waals surface area (Å²) in [6, 6.07) is 14.9. The molecule has 0 N–H and O–H groups in total. The van der Waals surface area contributed by atoms with Crippen molar-refractivity contribution in [2.24, 2.45) is 0 Å². The second-order valence-electron chi connectivity index (χ2n) is 5.52. The van der Waals surface area contributed by atoms with Gasteiger partial charge in [-0.2, -0.15) is 9.50 Å². The number of rotatable bonds is 4. The molecular weight excluding hydrogens is 370 g/mol. The number of ether oxygens (including phenoxy) is 1. The standard InChI is InChI=1S/C19H14ClN3O2S/c1-2-25-14-9-7-12(8-10-14)17-21-19-23(22-17)18(24)16(26-19)11-13-5-3-4-6-15(13)20/h3-11H,2H2,1H3/b16-11-. The lowest BCUT2D eigenvalue weighted by molar-refractivity contribution is 0.340. The third kappa shape index (κ3) is 3.09. The topological polar surface area (TPSA) is 56.5 Å². The van der Waals surface area contributed by atoms with Crippen LogP contribution < -0.4 is 14.8 Å². The van der Waals surface area contributed by atoms with Crippen molar-refractivity contribution >= 4 is 34.0 Å². The van der Waals surface area contributed by atoms with Crippen LogP contribution in [0.2, 0.25) is 5.02 Å². The highest BCUT2D eigenvalue weighted by molar-refractivity contribution is 7.15. The molecule has 0 saturated carbocycles. The Labute approximate surface area is 158 Å². The molecule has 0 fully saturated rings. The summed E-state index contributed by atoms with van der Waals surface area (Å²) in [7, 11) is 0. The average Bonchev–Trinajstić information content (AvgIpc) is 3.18. The van der Waals surface area contributed by atoms with Gasteiger partial charge in [-0.15, -0.1) is 5.10 Å². The summed E-state index contributed by atoms with van der Waals surface area (Å²) in [6.07, 6.45) is 1.77. The van der Waals surface area contributed by atoms with Gasteiger partial charge in [-0.05, 0) is 48.9 Å². The maximum absolute atomic E-state index is 12.6. The zero-order valence-electron chi connectivity index (χ0n) is 13.8. The van der Waals surface area contributed by atoms with E-state index < -0.39 is 0 Å². The number of nitrogens with zero attached hydrogens (tertiary/aromatic N) is 3. The predicted octanol–water partition coefficient (Wildman–Crippen LogP) is 3.42. The van der Waals surface area contributed by atoms with Crippen molar-refractivity contribution in [3.05, 3.63) is 74.0 Å². The molecule has 0 aliphatic carbocycles. The molecule has 2 aromatic heterocycles. The molecule has 0 unspecified atom stereocenters. The van der Waals surface area contributed by atoms with Gasteiger partial charge in [0.1, 0.15) is 5.75 Å². The van der Waals surface area contributed by atoms with Crippen LogP contribution in [0, 0.1) is 0 Å². The highest BCUT2D eigenvalue weighted by Gasteiger charge is 2.12. The van der Waals surface area contributed by atoms with Crippen LogP contribution >= 0.6 is 22.9 Å². The van der Waals surface area contributed by atoms with Crippen LogP contribution in [-0.4, -0.2) is 21.2 Å². The largest absolute Gasteiger partial charge is 0.494 e. The first kappa shape index (κ1) is 16.8. The highest BCUT2D eigenvalue weighted by Crippen LogP contribution is 2.20. The average molecular weight is 384 g/mol. The van der Waals surface area contributed by atoms with Gasteiger partial charge in [0, 0.05) is 10.6 Å². The van der Waals surface area contributed by atoms with Crippen molar-refractivity contribution < 1.29 is 4.74 Å². The summed E-state index contributed by atoms with van der Waals surface area (Å²) in [6.45, 7) is 2.55. The molecule has 0 aliphatic rings. The first-order valence-corrected chi connectivity index (χ1v) is 9.24. The maximum atomic E-state index is 12.6. The van der Waals surface area contributed by atoms with E-state index in [9.17, 15) is 4.79 Å². The number of fused-ring (bicyclic) bond motifs is 1. The third-order valence-electron chi connectivity index (χ3n) is 3.80. The molecule has 2 heterocycles. The van der Waals surface area contributed by atoms with Gasteiger partial charge < -0.3 is 4.74 Å². The Morgan fingerprint density at radius 3 is 2.65 bits per heavy atom. The first-order valence-electron chi connectivity index (χ1n) is 8.05. The summed E-state index contributed by atoms with van der Waals surface area (Å²) in [5.41, 5.74) is 1.43. The Morgan fingerprint density at radius 1 is 1.19 bits per heavy atom. The monoisotopic (exact) mass is 383 g/mol. The first-order chi connectivity index (χ1) is 12.7. The van der Waals surface area contributed by atoms with Crippen LogP contribution in [0.5, 0.6) is 5.75 Å². The lowest BCUT2D eigenvalue weighted by Gasteiger charge is -2.02. The SMILES string of the molecule is CCOc1ccc(-c2nc3s/c(=C\c4ccccc4Cl)c(=O)n3n2)cc1. The Kier molecular flexibility index (Phi) is 4.44. The minimum Gasteiger partial charge on any atom is -0.494 e. The normalized spacial score (nSPS) is 12.0. The number of hydrogen-bond donors (Lipinski definition) is 0. The lowest BCUT2D eigenvalue weighted by Crippen LogP contribution is -2.23. The van der Waals surface area contributed by atoms with E-state index in [0.717, 1.165) is 16.9 Å². The third-order valence-corrected chi connectivity index (χ3v) is 5.10. The molecule has 130 valence electrons. The smallest absolute Gasteiger partial charge is 0.291 e. The predicted molar refractivity (Wildman–Crippen MR) is 104 cm³/mol. The Balaban J connectivity index is 1.74. The summed E-state index contributed by atoms with van der Waals surface area (Å²) in [5.74, 6) is 1.30. The Morgan fingerprint density at radius 2 is 1.96 bits per heavy atom. The molecule has 0 bridgehead atoms. The molecule has 26 heavy (non-hydrogen) atoms. The summed E-state index contributed by atoms with van der Waals surface area (Å²) < 4.78 is 7.31. The van der Waals surface area contributed by atoms with E-state index in [1.165, 1.54) is 15.9 Å². The second-order valence-corrected chi connectivity index (χ2v) is 6.94. The van der Waals surface area contributed by atoms with Crippen LogP contribution in [0.3, 0.4) is 0 Å². The van der Waals surface area contributed by atoms with Crippen molar-refractivity contribution in [3.63, 3.8) is 0 Å². The van der Waals surface area contributed by atoms with Gasteiger partial charge in [-0.25, -0.2) is 0 Å². The molecule has 7 heteroatoms. The van der Waals surface area contributed by atoms with Gasteiger partial charge in [0.05, 0.1) is 11.1 Å². The molecular formula is C19H14ClN3O2S. The van der Waals surface area contributed by atoms with Crippen LogP contribution in [0.15, 0.2) is 53.3 Å². The number of aromatic nitrogens is 3. The van der Waals surface area contributed by atoms with E-state index in [1.807, 2.05) is 49.4 Å². The fourth-order valence-electron chi connectivity index (χ4n) is 2.56. The van der Waals surface area contributed by atoms with Crippen LogP contribution in [0.4, 0.5) is 0 Å². The highest BCUT2D eigenvalue weighted by atomic mass is 35.5. The zero-order valence-corrected chi connectivity index (χ0v) is 15.4. The molecule has 5 nitrogen and oxygen atoms in total. The van der Waals surface area contributed by atoms with Crippen LogP contribution in [-0.2, 0) is 0 Å². The fraction of sp³-hybridized carbons (Fsp3) is 0.105. The maximum Gasteiger partial charge on any atom is 0.291 e. The van der Waals surface area contributed by atoms with Crippen molar-refractivity contribution in [1.29, 1.82) is 0 Å². The molecule has 0 saturated heterocycles. The minimum absolute atomic E-state index is 0.199. The van der Waals surface area contributed by atoms with E-state index >= 15 is 0 Å². The Hall–Kier alpha value is -2.70. The molecule has 4 aromatic rings. The van der Waals surface area contributed by atoms with Crippen molar-refractivity contribution in [1.82, 2.24) is 14.6 Å². The van der Waals surface area contributed by atoms with E-state index in [-0.39, 0.29) is 5.56 Å². The summed E-state index contributed by atoms with van der Waals surface area (Å²) >= 11 is 7.45. The van der Waals surface area contributed by atoms with Gasteiger partial charge >= 0.3 is 0 Å². The molecule has 4 rings (SSSR count). The number of benzene rings is 2. The van der Waals surface area contributed by atoms with Gasteiger partial charge in [0.2, 0.25) is 4.96 Å². The van der Waals surface area contributed by atoms with Gasteiger partial charge in [-0.3, -0.25) is 4.79 Å². The molecule has 0 atom stereocenters. The lowest BCUT2D eigenvalue weighted by atomic mass is 10.2. The van der Waals surface area contributed by atoms with Crippen molar-refractivity contribution in [2.45, 2.75) is 6.92 Å². The Bertz CT molecular complexity index is 1180.